The van der Waals surface area contributed by atoms with Gasteiger partial charge in [0.15, 0.2) is 23.1 Å². The molecule has 2 aromatic rings. The van der Waals surface area contributed by atoms with Crippen molar-refractivity contribution < 1.29 is 23.5 Å². The first kappa shape index (κ1) is 26.2. The summed E-state index contributed by atoms with van der Waals surface area (Å²) in [7, 11) is 0. The van der Waals surface area contributed by atoms with Crippen LogP contribution in [-0.4, -0.2) is 18.2 Å². The van der Waals surface area contributed by atoms with Gasteiger partial charge in [0, 0.05) is 41.3 Å². The van der Waals surface area contributed by atoms with E-state index >= 15 is 0 Å². The van der Waals surface area contributed by atoms with Crippen LogP contribution in [0, 0.1) is 16.6 Å². The predicted molar refractivity (Wildman–Crippen MR) is 144 cm³/mol. The molecule has 0 aromatic heterocycles. The standard InChI is InChI=1S/C32H36FNO4/c1-6-37-27-13-20(10-11-26(27)38-18-19-8-7-9-21(33)12-19)28-29-22(14-31(2,3)16-24(29)35)34-23-15-32(4,5)17-25(36)30(23)28/h7-13,28,34H,6,14-18H2,1-5H3. The molecule has 1 aliphatic heterocycles. The Kier molecular flexibility index (Phi) is 6.70. The van der Waals surface area contributed by atoms with Crippen LogP contribution in [0.5, 0.6) is 11.5 Å². The second-order valence-corrected chi connectivity index (χ2v) is 12.3. The Balaban J connectivity index is 1.57. The van der Waals surface area contributed by atoms with Crippen molar-refractivity contribution in [3.8, 4) is 11.5 Å². The number of ether oxygens (including phenoxy) is 2. The molecule has 3 aliphatic rings. The normalized spacial score (nSPS) is 20.6. The third kappa shape index (κ3) is 5.13. The van der Waals surface area contributed by atoms with Gasteiger partial charge in [0.2, 0.25) is 0 Å². The second kappa shape index (κ2) is 9.72. The molecular formula is C32H36FNO4. The molecule has 0 saturated heterocycles. The highest BCUT2D eigenvalue weighted by Gasteiger charge is 2.46. The summed E-state index contributed by atoms with van der Waals surface area (Å²) in [5.41, 5.74) is 4.53. The molecule has 2 aromatic carbocycles. The van der Waals surface area contributed by atoms with Crippen LogP contribution < -0.4 is 14.8 Å². The minimum atomic E-state index is -0.440. The smallest absolute Gasteiger partial charge is 0.162 e. The van der Waals surface area contributed by atoms with Crippen molar-refractivity contribution in [1.82, 2.24) is 5.32 Å². The Morgan fingerprint density at radius 1 is 0.842 bits per heavy atom. The van der Waals surface area contributed by atoms with E-state index in [0.717, 1.165) is 29.8 Å². The fourth-order valence-electron chi connectivity index (χ4n) is 6.10. The fraction of sp³-hybridized carbons (Fsp3) is 0.438. The zero-order valence-corrected chi connectivity index (χ0v) is 22.9. The number of carbonyl (C=O) groups excluding carboxylic acids is 2. The van der Waals surface area contributed by atoms with Crippen molar-refractivity contribution in [3.05, 3.63) is 81.9 Å². The maximum atomic E-state index is 13.6. The molecule has 0 saturated carbocycles. The Morgan fingerprint density at radius 2 is 1.47 bits per heavy atom. The van der Waals surface area contributed by atoms with Crippen LogP contribution in [0.15, 0.2) is 65.0 Å². The molecule has 0 radical (unpaired) electrons. The number of allylic oxidation sites excluding steroid dienone is 4. The van der Waals surface area contributed by atoms with Crippen molar-refractivity contribution in [2.75, 3.05) is 6.61 Å². The van der Waals surface area contributed by atoms with Crippen LogP contribution in [0.3, 0.4) is 0 Å². The molecule has 0 bridgehead atoms. The quantitative estimate of drug-likeness (QED) is 0.458. The van der Waals surface area contributed by atoms with E-state index in [-0.39, 0.29) is 34.8 Å². The van der Waals surface area contributed by atoms with Gasteiger partial charge in [0.1, 0.15) is 12.4 Å². The summed E-state index contributed by atoms with van der Waals surface area (Å²) in [6, 6.07) is 12.0. The lowest BCUT2D eigenvalue weighted by molar-refractivity contribution is -0.119. The van der Waals surface area contributed by atoms with Crippen LogP contribution in [-0.2, 0) is 16.2 Å². The summed E-state index contributed by atoms with van der Waals surface area (Å²) in [6.07, 6.45) is 2.39. The average molecular weight is 518 g/mol. The summed E-state index contributed by atoms with van der Waals surface area (Å²) >= 11 is 0. The molecular weight excluding hydrogens is 481 g/mol. The summed E-state index contributed by atoms with van der Waals surface area (Å²) in [5.74, 6) is 0.488. The summed E-state index contributed by atoms with van der Waals surface area (Å²) in [5, 5.41) is 3.55. The van der Waals surface area contributed by atoms with Gasteiger partial charge < -0.3 is 14.8 Å². The Hall–Kier alpha value is -3.41. The zero-order valence-electron chi connectivity index (χ0n) is 22.9. The van der Waals surface area contributed by atoms with Gasteiger partial charge in [0.05, 0.1) is 6.61 Å². The molecule has 0 fully saturated rings. The van der Waals surface area contributed by atoms with E-state index in [4.69, 9.17) is 9.47 Å². The minimum Gasteiger partial charge on any atom is -0.490 e. The largest absolute Gasteiger partial charge is 0.490 e. The molecule has 2 aliphatic carbocycles. The number of nitrogens with one attached hydrogen (secondary N) is 1. The molecule has 1 heterocycles. The van der Waals surface area contributed by atoms with E-state index in [2.05, 4.69) is 33.0 Å². The highest BCUT2D eigenvalue weighted by atomic mass is 19.1. The molecule has 0 unspecified atom stereocenters. The topological polar surface area (TPSA) is 64.6 Å². The molecule has 5 rings (SSSR count). The summed E-state index contributed by atoms with van der Waals surface area (Å²) in [4.78, 5) is 27.2. The first-order chi connectivity index (χ1) is 18.0. The maximum Gasteiger partial charge on any atom is 0.162 e. The highest BCUT2D eigenvalue weighted by molar-refractivity contribution is 6.06. The number of carbonyl (C=O) groups is 2. The number of dihydropyridines is 1. The Labute approximate surface area is 224 Å². The monoisotopic (exact) mass is 517 g/mol. The molecule has 38 heavy (non-hydrogen) atoms. The lowest BCUT2D eigenvalue weighted by atomic mass is 9.64. The van der Waals surface area contributed by atoms with Crippen LogP contribution in [0.1, 0.15) is 77.3 Å². The van der Waals surface area contributed by atoms with Crippen molar-refractivity contribution >= 4 is 11.6 Å². The maximum absolute atomic E-state index is 13.6. The predicted octanol–water partition coefficient (Wildman–Crippen LogP) is 6.78. The van der Waals surface area contributed by atoms with Crippen molar-refractivity contribution in [2.24, 2.45) is 10.8 Å². The van der Waals surface area contributed by atoms with Gasteiger partial charge in [-0.25, -0.2) is 4.39 Å². The Morgan fingerprint density at radius 3 is 2.05 bits per heavy atom. The number of benzene rings is 2. The molecule has 5 nitrogen and oxygen atoms in total. The lowest BCUT2D eigenvalue weighted by Gasteiger charge is -2.44. The molecule has 0 atom stereocenters. The molecule has 6 heteroatoms. The van der Waals surface area contributed by atoms with Gasteiger partial charge in [0.25, 0.3) is 0 Å². The SMILES string of the molecule is CCOc1cc(C2C3=C(CC(C)(C)CC3=O)NC3=C2C(=O)CC(C)(C)C3)ccc1OCc1cccc(F)c1. The number of halogens is 1. The third-order valence-corrected chi connectivity index (χ3v) is 7.60. The van der Waals surface area contributed by atoms with Crippen molar-refractivity contribution in [2.45, 2.75) is 72.8 Å². The second-order valence-electron chi connectivity index (χ2n) is 12.3. The van der Waals surface area contributed by atoms with E-state index in [1.807, 2.05) is 25.1 Å². The first-order valence-electron chi connectivity index (χ1n) is 13.4. The number of Topliss-reactive ketones (excluding diaryl/α,β-unsaturated/α-hetero) is 2. The number of ketones is 2. The fourth-order valence-corrected chi connectivity index (χ4v) is 6.10. The van der Waals surface area contributed by atoms with Crippen LogP contribution in [0.25, 0.3) is 0 Å². The Bertz CT molecular complexity index is 1320. The van der Waals surface area contributed by atoms with Gasteiger partial charge in [-0.05, 0) is 66.0 Å². The first-order valence-corrected chi connectivity index (χ1v) is 13.4. The number of hydrogen-bond acceptors (Lipinski definition) is 5. The van der Waals surface area contributed by atoms with Gasteiger partial charge >= 0.3 is 0 Å². The van der Waals surface area contributed by atoms with E-state index in [1.54, 1.807) is 12.1 Å². The molecule has 200 valence electrons. The van der Waals surface area contributed by atoms with Crippen LogP contribution in [0.2, 0.25) is 0 Å². The zero-order chi connectivity index (χ0) is 27.2. The molecule has 0 amide bonds. The van der Waals surface area contributed by atoms with Gasteiger partial charge in [-0.15, -0.1) is 0 Å². The van der Waals surface area contributed by atoms with E-state index in [9.17, 15) is 14.0 Å². The number of rotatable bonds is 6. The summed E-state index contributed by atoms with van der Waals surface area (Å²) < 4.78 is 25.6. The van der Waals surface area contributed by atoms with Crippen LogP contribution >= 0.6 is 0 Å². The highest BCUT2D eigenvalue weighted by Crippen LogP contribution is 2.51. The number of hydrogen-bond donors (Lipinski definition) is 1. The van der Waals surface area contributed by atoms with Crippen molar-refractivity contribution in [3.63, 3.8) is 0 Å². The molecule has 1 N–H and O–H groups in total. The van der Waals surface area contributed by atoms with E-state index in [0.29, 0.717) is 47.7 Å². The van der Waals surface area contributed by atoms with Gasteiger partial charge in [-0.1, -0.05) is 45.9 Å². The summed E-state index contributed by atoms with van der Waals surface area (Å²) in [6.45, 7) is 11.0. The third-order valence-electron chi connectivity index (χ3n) is 7.60. The average Bonchev–Trinajstić information content (AvgIpc) is 2.80. The van der Waals surface area contributed by atoms with E-state index in [1.165, 1.54) is 12.1 Å². The minimum absolute atomic E-state index is 0.0855. The van der Waals surface area contributed by atoms with Crippen LogP contribution in [0.4, 0.5) is 4.39 Å². The van der Waals surface area contributed by atoms with Gasteiger partial charge in [-0.3, -0.25) is 9.59 Å². The van der Waals surface area contributed by atoms with Gasteiger partial charge in [-0.2, -0.15) is 0 Å². The molecule has 0 spiro atoms. The van der Waals surface area contributed by atoms with E-state index < -0.39 is 5.92 Å². The van der Waals surface area contributed by atoms with Crippen molar-refractivity contribution in [1.29, 1.82) is 0 Å². The lowest BCUT2D eigenvalue weighted by Crippen LogP contribution is -2.42.